The fourth-order valence-corrected chi connectivity index (χ4v) is 4.19. The zero-order valence-electron chi connectivity index (χ0n) is 26.0. The van der Waals surface area contributed by atoms with E-state index in [0.29, 0.717) is 10.9 Å². The van der Waals surface area contributed by atoms with E-state index in [0.717, 1.165) is 22.9 Å². The number of carbonyl (C=O) groups is 1. The van der Waals surface area contributed by atoms with Gasteiger partial charge in [-0.3, -0.25) is 29.6 Å². The van der Waals surface area contributed by atoms with Gasteiger partial charge >= 0.3 is 25.4 Å². The van der Waals surface area contributed by atoms with E-state index in [-0.39, 0.29) is 45.5 Å². The highest BCUT2D eigenvalue weighted by Crippen LogP contribution is 2.38. The first kappa shape index (κ1) is 42.1. The molecule has 22 heteroatoms. The predicted octanol–water partition coefficient (Wildman–Crippen LogP) is 4.63. The molecule has 3 aromatic rings. The number of benzene rings is 2. The Morgan fingerprint density at radius 2 is 1.79 bits per heavy atom. The predicted molar refractivity (Wildman–Crippen MR) is 170 cm³/mol. The van der Waals surface area contributed by atoms with Crippen LogP contribution in [0, 0.1) is 10.1 Å². The largest absolute Gasteiger partial charge is 0.487 e. The highest BCUT2D eigenvalue weighted by atomic mass is 35.5. The van der Waals surface area contributed by atoms with Crippen LogP contribution in [0.3, 0.4) is 0 Å². The van der Waals surface area contributed by atoms with Crippen molar-refractivity contribution in [3.63, 3.8) is 0 Å². The summed E-state index contributed by atoms with van der Waals surface area (Å²) in [5.74, 6) is 4.55. The molecule has 0 aliphatic rings. The number of nitro benzene ring substituents is 1. The van der Waals surface area contributed by atoms with E-state index in [4.69, 9.17) is 41.8 Å². The summed E-state index contributed by atoms with van der Waals surface area (Å²) in [6, 6.07) is 6.40. The highest BCUT2D eigenvalue weighted by Gasteiger charge is 2.31. The number of hydrogen-bond acceptors (Lipinski definition) is 12. The maximum absolute atomic E-state index is 12.6. The van der Waals surface area contributed by atoms with E-state index in [2.05, 4.69) is 15.5 Å². The average Bonchev–Trinajstić information content (AvgIpc) is 2.94. The van der Waals surface area contributed by atoms with Crippen LogP contribution in [0.4, 0.5) is 18.9 Å². The second-order valence-corrected chi connectivity index (χ2v) is 13.0. The van der Waals surface area contributed by atoms with Crippen LogP contribution in [0.25, 0.3) is 0 Å². The zero-order valence-corrected chi connectivity index (χ0v) is 28.5. The number of alkyl halides is 3. The number of thioether (sulfide) groups is 1. The summed E-state index contributed by atoms with van der Waals surface area (Å²) in [4.78, 5) is 48.2. The standard InChI is InChI=1S/C15H11ClF3NO4.C8H14N4OS.C3H8NO5P/c1-2-23-14-8-10(4-5-12(14)20(21)22)24-13-6-3-9(7-11(13)16)15(17,18)19;1-8(2,3)5-6(13)12(9)7(14-4)11-10-5;5-3(6)1-4-2-10(7,8)9/h3-8H,2H2,1H3;9H2,1-4H3;4H,1-2H2,(H,5,6)(H2,7,8,9). The summed E-state index contributed by atoms with van der Waals surface area (Å²) in [6.07, 6.45) is -3.32. The maximum atomic E-state index is 12.6. The smallest absolute Gasteiger partial charge is 0.416 e. The Kier molecular flexibility index (Phi) is 15.8. The quantitative estimate of drug-likeness (QED) is 0.0625. The molecule has 2 aromatic carbocycles. The molecule has 0 aliphatic carbocycles. The summed E-state index contributed by atoms with van der Waals surface area (Å²) in [5.41, 5.74) is -1.38. The van der Waals surface area contributed by atoms with Gasteiger partial charge in [0.1, 0.15) is 17.2 Å². The molecule has 0 amide bonds. The lowest BCUT2D eigenvalue weighted by molar-refractivity contribution is -0.385. The van der Waals surface area contributed by atoms with Gasteiger partial charge < -0.3 is 30.2 Å². The van der Waals surface area contributed by atoms with E-state index in [1.54, 1.807) is 13.2 Å². The first-order valence-electron chi connectivity index (χ1n) is 13.2. The molecule has 3 rings (SSSR count). The summed E-state index contributed by atoms with van der Waals surface area (Å²) in [7, 11) is -4.10. The average molecular weight is 745 g/mol. The van der Waals surface area contributed by atoms with Crippen LogP contribution >= 0.6 is 31.0 Å². The Balaban J connectivity index is 0.000000406. The minimum absolute atomic E-state index is 0.0111. The Labute approximate surface area is 280 Å². The molecule has 0 bridgehead atoms. The number of nitro groups is 1. The molecular weight excluding hydrogens is 712 g/mol. The second kappa shape index (κ2) is 18.0. The van der Waals surface area contributed by atoms with Gasteiger partial charge in [-0.25, -0.2) is 0 Å². The number of carboxylic acid groups (broad SMARTS) is 1. The molecule has 6 N–H and O–H groups in total. The van der Waals surface area contributed by atoms with Gasteiger partial charge in [0.05, 0.1) is 34.9 Å². The molecule has 1 aromatic heterocycles. The van der Waals surface area contributed by atoms with Crippen molar-refractivity contribution in [1.82, 2.24) is 20.2 Å². The molecule has 0 atom stereocenters. The van der Waals surface area contributed by atoms with Crippen molar-refractivity contribution in [2.75, 3.05) is 31.5 Å². The normalized spacial score (nSPS) is 11.4. The van der Waals surface area contributed by atoms with E-state index in [1.807, 2.05) is 20.8 Å². The number of nitrogens with one attached hydrogen (secondary N) is 1. The van der Waals surface area contributed by atoms with Crippen molar-refractivity contribution in [3.05, 3.63) is 73.1 Å². The van der Waals surface area contributed by atoms with Gasteiger partial charge in [-0.2, -0.15) is 17.8 Å². The summed E-state index contributed by atoms with van der Waals surface area (Å²) < 4.78 is 59.5. The van der Waals surface area contributed by atoms with E-state index in [9.17, 15) is 37.4 Å². The topological polar surface area (TPSA) is 242 Å². The fourth-order valence-electron chi connectivity index (χ4n) is 3.17. The highest BCUT2D eigenvalue weighted by molar-refractivity contribution is 7.98. The van der Waals surface area contributed by atoms with Crippen LogP contribution in [0.15, 0.2) is 46.3 Å². The number of nitrogens with two attached hydrogens (primary N) is 1. The first-order valence-corrected chi connectivity index (χ1v) is 16.6. The van der Waals surface area contributed by atoms with Gasteiger partial charge in [-0.15, -0.1) is 10.2 Å². The third-order valence-electron chi connectivity index (χ3n) is 5.26. The monoisotopic (exact) mass is 744 g/mol. The number of halogens is 4. The van der Waals surface area contributed by atoms with Crippen LogP contribution < -0.4 is 26.2 Å². The van der Waals surface area contributed by atoms with Crippen LogP contribution in [0.5, 0.6) is 17.2 Å². The molecule has 0 radical (unpaired) electrons. The minimum Gasteiger partial charge on any atom is -0.487 e. The van der Waals surface area contributed by atoms with Gasteiger partial charge in [0, 0.05) is 17.5 Å². The second-order valence-electron chi connectivity index (χ2n) is 10.2. The molecule has 266 valence electrons. The Morgan fingerprint density at radius 1 is 1.17 bits per heavy atom. The number of carboxylic acids is 1. The first-order chi connectivity index (χ1) is 22.0. The van der Waals surface area contributed by atoms with Crippen molar-refractivity contribution < 1.29 is 51.8 Å². The SMILES string of the molecule is CCOc1cc(Oc2ccc(C(F)(F)F)cc2Cl)ccc1[N+](=O)[O-].CSc1nnc(C(C)(C)C)c(=O)n1N.O=C(O)CNCP(=O)(O)O. The van der Waals surface area contributed by atoms with Crippen molar-refractivity contribution in [2.45, 2.75) is 44.4 Å². The van der Waals surface area contributed by atoms with Crippen LogP contribution in [-0.2, 0) is 21.0 Å². The molecule has 0 spiro atoms. The van der Waals surface area contributed by atoms with Crippen LogP contribution in [0.2, 0.25) is 5.02 Å². The molecule has 48 heavy (non-hydrogen) atoms. The molecule has 16 nitrogen and oxygen atoms in total. The van der Waals surface area contributed by atoms with E-state index < -0.39 is 43.1 Å². The van der Waals surface area contributed by atoms with Crippen molar-refractivity contribution in [2.24, 2.45) is 0 Å². The van der Waals surface area contributed by atoms with Crippen molar-refractivity contribution in [3.8, 4) is 17.2 Å². The number of rotatable bonds is 10. The zero-order chi connectivity index (χ0) is 37.0. The summed E-state index contributed by atoms with van der Waals surface area (Å²) >= 11 is 7.10. The van der Waals surface area contributed by atoms with Gasteiger partial charge in [0.25, 0.3) is 5.56 Å². The third kappa shape index (κ3) is 14.0. The lowest BCUT2D eigenvalue weighted by atomic mass is 9.93. The molecular formula is C26H33ClF3N6O10PS. The van der Waals surface area contributed by atoms with Gasteiger partial charge in [-0.1, -0.05) is 44.1 Å². The fraction of sp³-hybridized carbons (Fsp3) is 0.385. The van der Waals surface area contributed by atoms with Crippen LogP contribution in [-0.4, -0.2) is 66.4 Å². The summed E-state index contributed by atoms with van der Waals surface area (Å²) in [6.45, 7) is 7.12. The number of ether oxygens (including phenoxy) is 2. The number of aromatic nitrogens is 3. The molecule has 0 fully saturated rings. The molecule has 0 aliphatic heterocycles. The number of hydrogen-bond donors (Lipinski definition) is 5. The number of nitrogens with zero attached hydrogens (tertiary/aromatic N) is 4. The third-order valence-corrected chi connectivity index (χ3v) is 6.84. The molecule has 0 saturated carbocycles. The van der Waals surface area contributed by atoms with Gasteiger partial charge in [0.2, 0.25) is 10.9 Å². The van der Waals surface area contributed by atoms with E-state index >= 15 is 0 Å². The van der Waals surface area contributed by atoms with Crippen molar-refractivity contribution >= 4 is 42.6 Å². The van der Waals surface area contributed by atoms with Crippen molar-refractivity contribution in [1.29, 1.82) is 0 Å². The lowest BCUT2D eigenvalue weighted by Crippen LogP contribution is -2.37. The lowest BCUT2D eigenvalue weighted by Gasteiger charge is -2.16. The minimum atomic E-state index is -4.52. The number of aliphatic carboxylic acids is 1. The Hall–Kier alpha value is -3.94. The Bertz CT molecular complexity index is 1690. The Morgan fingerprint density at radius 3 is 2.25 bits per heavy atom. The molecule has 0 unspecified atom stereocenters. The van der Waals surface area contributed by atoms with Crippen LogP contribution in [0.1, 0.15) is 39.0 Å². The van der Waals surface area contributed by atoms with Gasteiger partial charge in [0.15, 0.2) is 0 Å². The molecule has 1 heterocycles. The van der Waals surface area contributed by atoms with E-state index in [1.165, 1.54) is 30.0 Å². The molecule has 0 saturated heterocycles. The number of nitrogen functional groups attached to an aromatic ring is 1. The maximum Gasteiger partial charge on any atom is 0.416 e. The summed E-state index contributed by atoms with van der Waals surface area (Å²) in [5, 5.41) is 28.9. The van der Waals surface area contributed by atoms with Gasteiger partial charge in [-0.05, 0) is 37.4 Å².